The highest BCUT2D eigenvalue weighted by molar-refractivity contribution is 6.19. The largest absolute Gasteiger partial charge is 0.309 e. The summed E-state index contributed by atoms with van der Waals surface area (Å²) < 4.78 is 4.65. The molecule has 10 aromatic carbocycles. The summed E-state index contributed by atoms with van der Waals surface area (Å²) in [4.78, 5) is 15.8. The smallest absolute Gasteiger partial charge is 0.238 e. The van der Waals surface area contributed by atoms with Gasteiger partial charge in [0.2, 0.25) is 5.95 Å². The molecular weight excluding hydrogens is 827 g/mol. The molecule has 5 nitrogen and oxygen atoms in total. The maximum absolute atomic E-state index is 5.35. The van der Waals surface area contributed by atoms with Crippen LogP contribution in [-0.2, 0) is 0 Å². The molecule has 0 aliphatic rings. The standard InChI is InChI=1S/C63H41N5/c1-4-17-42(18-5-1)44-31-35-46(36-32-44)51-25-10-13-28-56(51)67-57-29-14-11-26-52(57)54-40-55-53-27-12-15-30-58(53)68(60(55)41-59(54)67)63-65-61(47-21-8-3-9-22-47)64-62(66-63)48-37-33-45(34-38-48)50-24-16-23-49(39-50)43-19-6-2-7-20-43/h1-41H. The second-order valence-electron chi connectivity index (χ2n) is 17.2. The fraction of sp³-hybridized carbons (Fsp3) is 0. The van der Waals surface area contributed by atoms with Crippen LogP contribution in [0.2, 0.25) is 0 Å². The molecule has 13 rings (SSSR count). The third-order valence-electron chi connectivity index (χ3n) is 13.2. The second kappa shape index (κ2) is 16.4. The summed E-state index contributed by atoms with van der Waals surface area (Å²) >= 11 is 0. The SMILES string of the molecule is c1ccc(-c2ccc(-c3ccccc3-n3c4ccccc4c4cc5c6ccccc6n(-c6nc(-c7ccccc7)nc(-c7ccc(-c8cccc(-c9ccccc9)c8)cc7)n6)c5cc43)cc2)cc1. The number of fused-ring (bicyclic) bond motifs is 6. The lowest BCUT2D eigenvalue weighted by Crippen LogP contribution is -2.06. The summed E-state index contributed by atoms with van der Waals surface area (Å²) in [6.07, 6.45) is 0. The van der Waals surface area contributed by atoms with Crippen LogP contribution in [0.1, 0.15) is 0 Å². The van der Waals surface area contributed by atoms with Gasteiger partial charge in [0.15, 0.2) is 11.6 Å². The summed E-state index contributed by atoms with van der Waals surface area (Å²) in [5, 5.41) is 4.64. The van der Waals surface area contributed by atoms with Crippen LogP contribution in [0.4, 0.5) is 0 Å². The molecule has 0 unspecified atom stereocenters. The summed E-state index contributed by atoms with van der Waals surface area (Å²) in [5.41, 5.74) is 16.6. The Balaban J connectivity index is 0.994. The van der Waals surface area contributed by atoms with Crippen molar-refractivity contribution in [3.63, 3.8) is 0 Å². The third kappa shape index (κ3) is 6.76. The lowest BCUT2D eigenvalue weighted by Gasteiger charge is -2.15. The Bertz CT molecular complexity index is 3980. The number of rotatable bonds is 8. The van der Waals surface area contributed by atoms with Gasteiger partial charge in [-0.25, -0.2) is 4.98 Å². The number of benzene rings is 10. The fourth-order valence-corrected chi connectivity index (χ4v) is 9.92. The van der Waals surface area contributed by atoms with E-state index in [1.54, 1.807) is 0 Å². The van der Waals surface area contributed by atoms with Gasteiger partial charge in [-0.15, -0.1) is 0 Å². The maximum atomic E-state index is 5.35. The zero-order valence-electron chi connectivity index (χ0n) is 36.9. The molecule has 5 heteroatoms. The van der Waals surface area contributed by atoms with Gasteiger partial charge in [-0.05, 0) is 75.3 Å². The lowest BCUT2D eigenvalue weighted by molar-refractivity contribution is 0.953. The van der Waals surface area contributed by atoms with Crippen LogP contribution >= 0.6 is 0 Å². The molecule has 0 amide bonds. The van der Waals surface area contributed by atoms with Gasteiger partial charge < -0.3 is 4.57 Å². The van der Waals surface area contributed by atoms with Gasteiger partial charge in [0.05, 0.1) is 27.8 Å². The molecule has 3 aromatic heterocycles. The average molecular weight is 868 g/mol. The molecule has 0 aliphatic heterocycles. The first-order chi connectivity index (χ1) is 33.7. The molecule has 0 fully saturated rings. The van der Waals surface area contributed by atoms with Crippen molar-refractivity contribution in [3.05, 3.63) is 249 Å². The van der Waals surface area contributed by atoms with E-state index in [9.17, 15) is 0 Å². The molecular formula is C63H41N5. The van der Waals surface area contributed by atoms with E-state index < -0.39 is 0 Å². The van der Waals surface area contributed by atoms with Crippen LogP contribution < -0.4 is 0 Å². The van der Waals surface area contributed by atoms with Crippen LogP contribution in [0.15, 0.2) is 249 Å². The van der Waals surface area contributed by atoms with Crippen molar-refractivity contribution >= 4 is 43.6 Å². The molecule has 0 atom stereocenters. The van der Waals surface area contributed by atoms with Gasteiger partial charge in [-0.1, -0.05) is 212 Å². The summed E-state index contributed by atoms with van der Waals surface area (Å²) in [5.74, 6) is 1.77. The van der Waals surface area contributed by atoms with E-state index in [0.717, 1.165) is 71.9 Å². The van der Waals surface area contributed by atoms with E-state index in [2.05, 4.69) is 240 Å². The highest BCUT2D eigenvalue weighted by Gasteiger charge is 2.22. The van der Waals surface area contributed by atoms with E-state index in [1.165, 1.54) is 33.0 Å². The zero-order chi connectivity index (χ0) is 45.0. The van der Waals surface area contributed by atoms with Crippen molar-refractivity contribution in [2.75, 3.05) is 0 Å². The predicted molar refractivity (Wildman–Crippen MR) is 281 cm³/mol. The van der Waals surface area contributed by atoms with Crippen LogP contribution in [0.25, 0.3) is 123 Å². The van der Waals surface area contributed by atoms with E-state index in [-0.39, 0.29) is 0 Å². The minimum absolute atomic E-state index is 0.556. The topological polar surface area (TPSA) is 48.5 Å². The summed E-state index contributed by atoms with van der Waals surface area (Å²) in [7, 11) is 0. The molecule has 0 saturated heterocycles. The fourth-order valence-electron chi connectivity index (χ4n) is 9.92. The van der Waals surface area contributed by atoms with Crippen molar-refractivity contribution in [3.8, 4) is 78.9 Å². The number of nitrogens with zero attached hydrogens (tertiary/aromatic N) is 5. The maximum Gasteiger partial charge on any atom is 0.238 e. The molecule has 0 radical (unpaired) electrons. The first kappa shape index (κ1) is 39.2. The summed E-state index contributed by atoms with van der Waals surface area (Å²) in [6.45, 7) is 0. The highest BCUT2D eigenvalue weighted by atomic mass is 15.2. The monoisotopic (exact) mass is 867 g/mol. The average Bonchev–Trinajstić information content (AvgIpc) is 3.92. The van der Waals surface area contributed by atoms with E-state index in [0.29, 0.717) is 17.6 Å². The predicted octanol–water partition coefficient (Wildman–Crippen LogP) is 16.1. The molecule has 13 aromatic rings. The van der Waals surface area contributed by atoms with E-state index >= 15 is 0 Å². The lowest BCUT2D eigenvalue weighted by atomic mass is 9.98. The van der Waals surface area contributed by atoms with Gasteiger partial charge >= 0.3 is 0 Å². The van der Waals surface area contributed by atoms with Crippen molar-refractivity contribution in [1.29, 1.82) is 0 Å². The Kier molecular flexibility index (Phi) is 9.43. The number of para-hydroxylation sites is 3. The summed E-state index contributed by atoms with van der Waals surface area (Å²) in [6, 6.07) is 88.2. The van der Waals surface area contributed by atoms with Crippen LogP contribution in [-0.4, -0.2) is 24.1 Å². The third-order valence-corrected chi connectivity index (χ3v) is 13.2. The zero-order valence-corrected chi connectivity index (χ0v) is 36.9. The minimum Gasteiger partial charge on any atom is -0.309 e. The Labute approximate surface area is 393 Å². The minimum atomic E-state index is 0.556. The van der Waals surface area contributed by atoms with Crippen molar-refractivity contribution in [2.24, 2.45) is 0 Å². The Morgan fingerprint density at radius 3 is 1.26 bits per heavy atom. The Hall–Kier alpha value is -9.19. The van der Waals surface area contributed by atoms with Crippen LogP contribution in [0.3, 0.4) is 0 Å². The van der Waals surface area contributed by atoms with Gasteiger partial charge in [0, 0.05) is 38.2 Å². The molecule has 3 heterocycles. The molecule has 0 saturated carbocycles. The van der Waals surface area contributed by atoms with Crippen molar-refractivity contribution in [2.45, 2.75) is 0 Å². The normalized spacial score (nSPS) is 11.5. The Morgan fingerprint density at radius 1 is 0.235 bits per heavy atom. The molecule has 318 valence electrons. The highest BCUT2D eigenvalue weighted by Crippen LogP contribution is 2.41. The van der Waals surface area contributed by atoms with Crippen LogP contribution in [0.5, 0.6) is 0 Å². The van der Waals surface area contributed by atoms with Gasteiger partial charge in [0.1, 0.15) is 0 Å². The van der Waals surface area contributed by atoms with Crippen molar-refractivity contribution in [1.82, 2.24) is 24.1 Å². The van der Waals surface area contributed by atoms with Gasteiger partial charge in [-0.2, -0.15) is 9.97 Å². The number of hydrogen-bond donors (Lipinski definition) is 0. The first-order valence-corrected chi connectivity index (χ1v) is 23.0. The molecule has 0 N–H and O–H groups in total. The first-order valence-electron chi connectivity index (χ1n) is 23.0. The second-order valence-corrected chi connectivity index (χ2v) is 17.2. The van der Waals surface area contributed by atoms with E-state index in [4.69, 9.17) is 15.0 Å². The van der Waals surface area contributed by atoms with Crippen molar-refractivity contribution < 1.29 is 0 Å². The van der Waals surface area contributed by atoms with E-state index in [1.807, 2.05) is 18.2 Å². The quantitative estimate of drug-likeness (QED) is 0.153. The molecule has 0 aliphatic carbocycles. The molecule has 68 heavy (non-hydrogen) atoms. The van der Waals surface area contributed by atoms with Gasteiger partial charge in [-0.3, -0.25) is 4.57 Å². The van der Waals surface area contributed by atoms with Gasteiger partial charge in [0.25, 0.3) is 0 Å². The number of aromatic nitrogens is 5. The number of hydrogen-bond acceptors (Lipinski definition) is 3. The van der Waals surface area contributed by atoms with Crippen LogP contribution in [0, 0.1) is 0 Å². The Morgan fingerprint density at radius 2 is 0.647 bits per heavy atom. The molecule has 0 spiro atoms. The molecule has 0 bridgehead atoms.